The van der Waals surface area contributed by atoms with Gasteiger partial charge >= 0.3 is 18.2 Å². The van der Waals surface area contributed by atoms with Gasteiger partial charge < -0.3 is 30.5 Å². The van der Waals surface area contributed by atoms with E-state index in [1.54, 1.807) is 45.0 Å². The van der Waals surface area contributed by atoms with Crippen LogP contribution in [0.4, 0.5) is 9.59 Å². The van der Waals surface area contributed by atoms with Crippen molar-refractivity contribution in [2.75, 3.05) is 19.7 Å². The highest BCUT2D eigenvalue weighted by molar-refractivity contribution is 5.94. The Morgan fingerprint density at radius 2 is 1.45 bits per heavy atom. The van der Waals surface area contributed by atoms with E-state index >= 15 is 0 Å². The number of fused-ring (bicyclic) bond motifs is 3. The van der Waals surface area contributed by atoms with E-state index in [9.17, 15) is 24.3 Å². The number of alkyl carbamates (subject to hydrolysis) is 2. The summed E-state index contributed by atoms with van der Waals surface area (Å²) in [7, 11) is 0. The van der Waals surface area contributed by atoms with E-state index in [2.05, 4.69) is 16.0 Å². The Hall–Kier alpha value is -4.86. The van der Waals surface area contributed by atoms with Gasteiger partial charge in [0.2, 0.25) is 0 Å². The van der Waals surface area contributed by atoms with E-state index in [0.717, 1.165) is 22.3 Å². The number of carboxylic acid groups (broad SMARTS) is 1. The van der Waals surface area contributed by atoms with Gasteiger partial charge in [-0.1, -0.05) is 60.7 Å². The van der Waals surface area contributed by atoms with Gasteiger partial charge in [0.15, 0.2) is 0 Å². The first-order valence-corrected chi connectivity index (χ1v) is 13.7. The molecule has 0 saturated heterocycles. The predicted molar refractivity (Wildman–Crippen MR) is 156 cm³/mol. The van der Waals surface area contributed by atoms with Gasteiger partial charge in [-0.25, -0.2) is 14.4 Å². The minimum atomic E-state index is -1.27. The number of hydrogen-bond acceptors (Lipinski definition) is 6. The molecule has 0 aromatic heterocycles. The fourth-order valence-corrected chi connectivity index (χ4v) is 4.81. The minimum absolute atomic E-state index is 0.0547. The van der Waals surface area contributed by atoms with Crippen LogP contribution < -0.4 is 16.0 Å². The van der Waals surface area contributed by atoms with Crippen molar-refractivity contribution in [1.82, 2.24) is 16.0 Å². The molecule has 0 heterocycles. The van der Waals surface area contributed by atoms with Gasteiger partial charge in [0.05, 0.1) is 0 Å². The van der Waals surface area contributed by atoms with Crippen LogP contribution in [0.25, 0.3) is 11.1 Å². The fraction of sp³-hybridized carbons (Fsp3) is 0.312. The minimum Gasteiger partial charge on any atom is -0.480 e. The molecule has 10 nitrogen and oxygen atoms in total. The first-order valence-electron chi connectivity index (χ1n) is 13.7. The van der Waals surface area contributed by atoms with Crippen molar-refractivity contribution in [3.8, 4) is 11.1 Å². The van der Waals surface area contributed by atoms with Gasteiger partial charge in [-0.2, -0.15) is 0 Å². The topological polar surface area (TPSA) is 143 Å². The monoisotopic (exact) mass is 573 g/mol. The molecule has 4 rings (SSSR count). The summed E-state index contributed by atoms with van der Waals surface area (Å²) in [5.74, 6) is -1.77. The molecular weight excluding hydrogens is 538 g/mol. The lowest BCUT2D eigenvalue weighted by atomic mass is 9.98. The Bertz CT molecular complexity index is 1420. The maximum atomic E-state index is 12.7. The fourth-order valence-electron chi connectivity index (χ4n) is 4.81. The maximum absolute atomic E-state index is 12.7. The smallest absolute Gasteiger partial charge is 0.407 e. The van der Waals surface area contributed by atoms with Crippen LogP contribution in [0.5, 0.6) is 0 Å². The summed E-state index contributed by atoms with van der Waals surface area (Å²) in [5.41, 5.74) is 4.52. The second kappa shape index (κ2) is 13.2. The molecule has 4 N–H and O–H groups in total. The van der Waals surface area contributed by atoms with E-state index in [1.165, 1.54) is 0 Å². The second-order valence-electron chi connectivity index (χ2n) is 10.9. The van der Waals surface area contributed by atoms with Crippen molar-refractivity contribution in [3.05, 3.63) is 95.1 Å². The van der Waals surface area contributed by atoms with Crippen molar-refractivity contribution >= 4 is 24.1 Å². The first kappa shape index (κ1) is 30.1. The van der Waals surface area contributed by atoms with Crippen LogP contribution in [-0.4, -0.2) is 60.5 Å². The third-order valence-corrected chi connectivity index (χ3v) is 6.64. The van der Waals surface area contributed by atoms with Crippen molar-refractivity contribution in [2.24, 2.45) is 0 Å². The lowest BCUT2D eigenvalue weighted by molar-refractivity contribution is -0.139. The van der Waals surface area contributed by atoms with Crippen molar-refractivity contribution in [1.29, 1.82) is 0 Å². The SMILES string of the molecule is CC(C)(C)OC(=O)NCCNC(=O)c1cccc(C[C@H](NC(=O)OCC2c3ccccc3-c3ccccc32)C(=O)O)c1. The summed E-state index contributed by atoms with van der Waals surface area (Å²) in [6, 6.07) is 21.1. The van der Waals surface area contributed by atoms with Gasteiger partial charge in [-0.15, -0.1) is 0 Å². The Labute approximate surface area is 244 Å². The zero-order valence-electron chi connectivity index (χ0n) is 23.8. The summed E-state index contributed by atoms with van der Waals surface area (Å²) in [6.07, 6.45) is -1.47. The molecule has 0 unspecified atom stereocenters. The Kier molecular flexibility index (Phi) is 9.46. The normalized spacial score (nSPS) is 12.8. The van der Waals surface area contributed by atoms with Crippen LogP contribution >= 0.6 is 0 Å². The molecule has 0 aliphatic heterocycles. The highest BCUT2D eigenvalue weighted by Gasteiger charge is 2.30. The Morgan fingerprint density at radius 1 is 0.833 bits per heavy atom. The van der Waals surface area contributed by atoms with Crippen LogP contribution in [0.3, 0.4) is 0 Å². The lowest BCUT2D eigenvalue weighted by Gasteiger charge is -2.19. The zero-order valence-corrected chi connectivity index (χ0v) is 23.8. The van der Waals surface area contributed by atoms with Gasteiger partial charge in [0, 0.05) is 31.0 Å². The van der Waals surface area contributed by atoms with Gasteiger partial charge in [0.1, 0.15) is 18.2 Å². The highest BCUT2D eigenvalue weighted by atomic mass is 16.6. The summed E-state index contributed by atoms with van der Waals surface area (Å²) < 4.78 is 10.7. The standard InChI is InChI=1S/C32H35N3O7/c1-32(2,3)42-30(39)34-16-15-33-28(36)21-10-8-9-20(17-21)18-27(29(37)38)35-31(40)41-19-26-24-13-6-4-11-22(24)23-12-5-7-14-25(23)26/h4-14,17,26-27H,15-16,18-19H2,1-3H3,(H,33,36)(H,34,39)(H,35,40)(H,37,38)/t27-/m0/s1. The van der Waals surface area contributed by atoms with Crippen LogP contribution in [0.2, 0.25) is 0 Å². The summed E-state index contributed by atoms with van der Waals surface area (Å²) in [4.78, 5) is 49.0. The number of carbonyl (C=O) groups is 4. The van der Waals surface area contributed by atoms with Crippen molar-refractivity contribution in [3.63, 3.8) is 0 Å². The number of aliphatic carboxylic acids is 1. The molecule has 3 amide bonds. The number of ether oxygens (including phenoxy) is 2. The third kappa shape index (κ3) is 7.87. The van der Waals surface area contributed by atoms with E-state index in [-0.39, 0.29) is 37.9 Å². The molecule has 3 aromatic carbocycles. The Balaban J connectivity index is 1.30. The second-order valence-corrected chi connectivity index (χ2v) is 10.9. The molecule has 0 fully saturated rings. The summed E-state index contributed by atoms with van der Waals surface area (Å²) in [6.45, 7) is 5.66. The number of benzene rings is 3. The van der Waals surface area contributed by atoms with Gasteiger partial charge in [-0.05, 0) is 60.7 Å². The van der Waals surface area contributed by atoms with Crippen LogP contribution in [0, 0.1) is 0 Å². The number of carboxylic acids is 1. The number of amides is 3. The van der Waals surface area contributed by atoms with Crippen LogP contribution in [0.15, 0.2) is 72.8 Å². The van der Waals surface area contributed by atoms with Crippen molar-refractivity contribution < 1.29 is 33.8 Å². The lowest BCUT2D eigenvalue weighted by Crippen LogP contribution is -2.43. The van der Waals surface area contributed by atoms with E-state index < -0.39 is 29.8 Å². The molecule has 0 radical (unpaired) electrons. The van der Waals surface area contributed by atoms with Gasteiger partial charge in [-0.3, -0.25) is 4.79 Å². The number of carbonyl (C=O) groups excluding carboxylic acids is 3. The number of rotatable bonds is 10. The Morgan fingerprint density at radius 3 is 2.07 bits per heavy atom. The summed E-state index contributed by atoms with van der Waals surface area (Å²) >= 11 is 0. The van der Waals surface area contributed by atoms with Crippen LogP contribution in [-0.2, 0) is 20.7 Å². The average Bonchev–Trinajstić information content (AvgIpc) is 3.26. The largest absolute Gasteiger partial charge is 0.480 e. The molecule has 10 heteroatoms. The molecule has 0 spiro atoms. The molecule has 42 heavy (non-hydrogen) atoms. The number of nitrogens with one attached hydrogen (secondary N) is 3. The average molecular weight is 574 g/mol. The third-order valence-electron chi connectivity index (χ3n) is 6.64. The highest BCUT2D eigenvalue weighted by Crippen LogP contribution is 2.44. The molecule has 1 aliphatic rings. The van der Waals surface area contributed by atoms with Crippen LogP contribution in [0.1, 0.15) is 53.7 Å². The quantitative estimate of drug-likeness (QED) is 0.262. The molecule has 1 aliphatic carbocycles. The molecule has 3 aromatic rings. The first-order chi connectivity index (χ1) is 20.0. The van der Waals surface area contributed by atoms with E-state index in [0.29, 0.717) is 11.1 Å². The molecule has 0 bridgehead atoms. The maximum Gasteiger partial charge on any atom is 0.407 e. The molecule has 0 saturated carbocycles. The molecular formula is C32H35N3O7. The van der Waals surface area contributed by atoms with Gasteiger partial charge in [0.25, 0.3) is 5.91 Å². The molecule has 1 atom stereocenters. The van der Waals surface area contributed by atoms with Crippen molar-refractivity contribution in [2.45, 2.75) is 44.8 Å². The van der Waals surface area contributed by atoms with E-state index in [1.807, 2.05) is 48.5 Å². The predicted octanol–water partition coefficient (Wildman–Crippen LogP) is 4.48. The van der Waals surface area contributed by atoms with E-state index in [4.69, 9.17) is 9.47 Å². The summed E-state index contributed by atoms with van der Waals surface area (Å²) in [5, 5.41) is 17.5. The number of hydrogen-bond donors (Lipinski definition) is 4. The molecule has 220 valence electrons. The zero-order chi connectivity index (χ0) is 30.3.